The molecule has 0 unspecified atom stereocenters. The highest BCUT2D eigenvalue weighted by atomic mass is 32.1. The fourth-order valence-corrected chi connectivity index (χ4v) is 2.73. The van der Waals surface area contributed by atoms with E-state index in [-0.39, 0.29) is 11.4 Å². The molecule has 3 rings (SSSR count). The molecule has 8 heteroatoms. The topological polar surface area (TPSA) is 87.9 Å². The van der Waals surface area contributed by atoms with Crippen LogP contribution in [0.25, 0.3) is 0 Å². The summed E-state index contributed by atoms with van der Waals surface area (Å²) in [7, 11) is 0. The van der Waals surface area contributed by atoms with E-state index in [1.54, 1.807) is 23.6 Å². The van der Waals surface area contributed by atoms with Crippen LogP contribution in [-0.2, 0) is 9.47 Å². The Morgan fingerprint density at radius 3 is 2.74 bits per heavy atom. The number of thiophene rings is 1. The van der Waals surface area contributed by atoms with E-state index >= 15 is 0 Å². The molecule has 0 N–H and O–H groups in total. The number of benzene rings is 1. The van der Waals surface area contributed by atoms with Gasteiger partial charge < -0.3 is 14.2 Å². The van der Waals surface area contributed by atoms with E-state index in [0.29, 0.717) is 23.7 Å². The summed E-state index contributed by atoms with van der Waals surface area (Å²) in [5, 5.41) is 13.0. The van der Waals surface area contributed by atoms with Gasteiger partial charge in [0.05, 0.1) is 18.1 Å². The molecule has 120 valence electrons. The van der Waals surface area contributed by atoms with Gasteiger partial charge in [0.15, 0.2) is 6.29 Å². The Balaban J connectivity index is 1.85. The van der Waals surface area contributed by atoms with Gasteiger partial charge in [-0.15, -0.1) is 11.3 Å². The molecule has 23 heavy (non-hydrogen) atoms. The molecule has 0 spiro atoms. The highest BCUT2D eigenvalue weighted by Gasteiger charge is 2.24. The smallest absolute Gasteiger partial charge is 0.353 e. The Morgan fingerprint density at radius 2 is 2.09 bits per heavy atom. The van der Waals surface area contributed by atoms with E-state index in [1.165, 1.54) is 23.5 Å². The first-order chi connectivity index (χ1) is 11.1. The van der Waals surface area contributed by atoms with Gasteiger partial charge in [0.2, 0.25) is 5.75 Å². The molecule has 1 aliphatic heterocycles. The first kappa shape index (κ1) is 15.6. The van der Waals surface area contributed by atoms with Gasteiger partial charge in [-0.1, -0.05) is 6.07 Å². The number of hydrogen-bond acceptors (Lipinski definition) is 7. The highest BCUT2D eigenvalue weighted by Crippen LogP contribution is 2.33. The van der Waals surface area contributed by atoms with Crippen LogP contribution in [-0.4, -0.2) is 24.1 Å². The molecular weight excluding hydrogens is 322 g/mol. The van der Waals surface area contributed by atoms with Crippen molar-refractivity contribution < 1.29 is 23.9 Å². The number of ether oxygens (including phenoxy) is 3. The molecule has 0 bridgehead atoms. The van der Waals surface area contributed by atoms with Crippen molar-refractivity contribution in [2.75, 3.05) is 13.2 Å². The van der Waals surface area contributed by atoms with Gasteiger partial charge in [0.25, 0.3) is 0 Å². The van der Waals surface area contributed by atoms with Crippen LogP contribution < -0.4 is 4.74 Å². The van der Waals surface area contributed by atoms with Crippen LogP contribution in [0.1, 0.15) is 27.9 Å². The van der Waals surface area contributed by atoms with Crippen molar-refractivity contribution in [3.05, 3.63) is 56.3 Å². The van der Waals surface area contributed by atoms with Crippen molar-refractivity contribution in [1.29, 1.82) is 0 Å². The Hall–Kier alpha value is -2.29. The van der Waals surface area contributed by atoms with Gasteiger partial charge in [0, 0.05) is 11.6 Å². The predicted molar refractivity (Wildman–Crippen MR) is 81.6 cm³/mol. The van der Waals surface area contributed by atoms with Gasteiger partial charge in [-0.05, 0) is 30.0 Å². The Bertz CT molecular complexity index is 709. The third kappa shape index (κ3) is 3.55. The Kier molecular flexibility index (Phi) is 4.65. The van der Waals surface area contributed by atoms with Crippen molar-refractivity contribution in [3.63, 3.8) is 0 Å². The van der Waals surface area contributed by atoms with E-state index in [1.807, 2.05) is 0 Å². The largest absolute Gasteiger partial charge is 0.415 e. The maximum Gasteiger partial charge on any atom is 0.353 e. The number of nitro benzene ring substituents is 1. The van der Waals surface area contributed by atoms with E-state index in [0.717, 1.165) is 6.42 Å². The number of esters is 1. The summed E-state index contributed by atoms with van der Waals surface area (Å²) in [6.07, 6.45) is 0.152. The average molecular weight is 335 g/mol. The summed E-state index contributed by atoms with van der Waals surface area (Å²) >= 11 is 1.21. The first-order valence-corrected chi connectivity index (χ1v) is 7.80. The van der Waals surface area contributed by atoms with Crippen LogP contribution in [0.2, 0.25) is 0 Å². The molecule has 1 aromatic heterocycles. The monoisotopic (exact) mass is 335 g/mol. The number of carbonyl (C=O) groups is 1. The second-order valence-electron chi connectivity index (χ2n) is 4.78. The van der Waals surface area contributed by atoms with Crippen LogP contribution in [0, 0.1) is 10.1 Å². The van der Waals surface area contributed by atoms with Gasteiger partial charge in [-0.2, -0.15) is 0 Å². The number of nitro groups is 1. The van der Waals surface area contributed by atoms with Crippen LogP contribution in [0.3, 0.4) is 0 Å². The molecule has 0 atom stereocenters. The zero-order valence-electron chi connectivity index (χ0n) is 12.0. The van der Waals surface area contributed by atoms with Crippen molar-refractivity contribution in [3.8, 4) is 5.75 Å². The Morgan fingerprint density at radius 1 is 1.30 bits per heavy atom. The Labute approximate surface area is 135 Å². The van der Waals surface area contributed by atoms with Gasteiger partial charge in [-0.25, -0.2) is 4.79 Å². The van der Waals surface area contributed by atoms with Crippen molar-refractivity contribution in [1.82, 2.24) is 0 Å². The summed E-state index contributed by atoms with van der Waals surface area (Å²) < 4.78 is 16.0. The number of rotatable bonds is 4. The summed E-state index contributed by atoms with van der Waals surface area (Å²) in [5.41, 5.74) is 0.220. The summed E-state index contributed by atoms with van der Waals surface area (Å²) in [5.74, 6) is -0.728. The van der Waals surface area contributed by atoms with E-state index in [4.69, 9.17) is 14.2 Å². The predicted octanol–water partition coefficient (Wildman–Crippen LogP) is 3.31. The van der Waals surface area contributed by atoms with Gasteiger partial charge in [0.1, 0.15) is 4.88 Å². The minimum Gasteiger partial charge on any atom is -0.415 e. The lowest BCUT2D eigenvalue weighted by Gasteiger charge is -2.23. The third-order valence-corrected chi connectivity index (χ3v) is 4.05. The zero-order valence-corrected chi connectivity index (χ0v) is 12.8. The first-order valence-electron chi connectivity index (χ1n) is 6.92. The standard InChI is InChI=1S/C15H13NO6S/c17-14(13-3-1-8-23-13)22-12-5-4-10(9-11(12)16(18)19)15-20-6-2-7-21-15/h1,3-5,8-9,15H,2,6-7H2. The highest BCUT2D eigenvalue weighted by molar-refractivity contribution is 7.12. The number of nitrogens with zero attached hydrogens (tertiary/aromatic N) is 1. The van der Waals surface area contributed by atoms with E-state index in [2.05, 4.69) is 0 Å². The minimum absolute atomic E-state index is 0.104. The average Bonchev–Trinajstić information content (AvgIpc) is 3.10. The molecule has 0 aliphatic carbocycles. The number of hydrogen-bond donors (Lipinski definition) is 0. The van der Waals surface area contributed by atoms with Crippen LogP contribution >= 0.6 is 11.3 Å². The molecule has 0 amide bonds. The fourth-order valence-electron chi connectivity index (χ4n) is 2.14. The summed E-state index contributed by atoms with van der Waals surface area (Å²) in [4.78, 5) is 23.0. The molecular formula is C15H13NO6S. The molecule has 7 nitrogen and oxygen atoms in total. The molecule has 2 heterocycles. The maximum atomic E-state index is 12.0. The molecule has 1 fully saturated rings. The lowest BCUT2D eigenvalue weighted by Crippen LogP contribution is -2.18. The lowest BCUT2D eigenvalue weighted by molar-refractivity contribution is -0.385. The molecule has 0 radical (unpaired) electrons. The quantitative estimate of drug-likeness (QED) is 0.369. The van der Waals surface area contributed by atoms with Crippen LogP contribution in [0.4, 0.5) is 5.69 Å². The molecule has 1 aliphatic rings. The summed E-state index contributed by atoms with van der Waals surface area (Å²) in [6, 6.07) is 7.60. The normalized spacial score (nSPS) is 15.3. The minimum atomic E-state index is -0.635. The molecule has 1 saturated heterocycles. The lowest BCUT2D eigenvalue weighted by atomic mass is 10.1. The maximum absolute atomic E-state index is 12.0. The van der Waals surface area contributed by atoms with Crippen LogP contribution in [0.5, 0.6) is 5.75 Å². The zero-order chi connectivity index (χ0) is 16.2. The van der Waals surface area contributed by atoms with Gasteiger partial charge in [-0.3, -0.25) is 10.1 Å². The molecule has 2 aromatic rings. The second-order valence-corrected chi connectivity index (χ2v) is 5.73. The van der Waals surface area contributed by atoms with Crippen molar-refractivity contribution in [2.45, 2.75) is 12.7 Å². The second kappa shape index (κ2) is 6.86. The van der Waals surface area contributed by atoms with Crippen molar-refractivity contribution in [2.24, 2.45) is 0 Å². The third-order valence-electron chi connectivity index (χ3n) is 3.20. The number of carbonyl (C=O) groups excluding carboxylic acids is 1. The van der Waals surface area contributed by atoms with Gasteiger partial charge >= 0.3 is 11.7 Å². The molecule has 1 aromatic carbocycles. The fraction of sp³-hybridized carbons (Fsp3) is 0.267. The van der Waals surface area contributed by atoms with E-state index < -0.39 is 17.2 Å². The van der Waals surface area contributed by atoms with Crippen LogP contribution in [0.15, 0.2) is 35.7 Å². The van der Waals surface area contributed by atoms with Crippen molar-refractivity contribution >= 4 is 23.0 Å². The molecule has 0 saturated carbocycles. The summed E-state index contributed by atoms with van der Waals surface area (Å²) in [6.45, 7) is 1.07. The SMILES string of the molecule is O=C(Oc1ccc(C2OCCCO2)cc1[N+](=O)[O-])c1cccs1. The van der Waals surface area contributed by atoms with E-state index in [9.17, 15) is 14.9 Å².